The molecule has 1 heterocycles. The van der Waals surface area contributed by atoms with Crippen LogP contribution in [-0.2, 0) is 14.3 Å². The van der Waals surface area contributed by atoms with Crippen molar-refractivity contribution in [1.29, 1.82) is 0 Å². The Labute approximate surface area is 108 Å². The van der Waals surface area contributed by atoms with Crippen molar-refractivity contribution in [2.45, 2.75) is 49.7 Å². The average Bonchev–Trinajstić information content (AvgIpc) is 2.35. The van der Waals surface area contributed by atoms with E-state index in [1.54, 1.807) is 7.11 Å². The lowest BCUT2D eigenvalue weighted by molar-refractivity contribution is -0.138. The smallest absolute Gasteiger partial charge is 0.223 e. The number of rotatable bonds is 5. The van der Waals surface area contributed by atoms with Gasteiger partial charge in [-0.15, -0.1) is 0 Å². The van der Waals surface area contributed by atoms with Crippen LogP contribution in [0.1, 0.15) is 38.5 Å². The minimum Gasteiger partial charge on any atom is -0.394 e. The van der Waals surface area contributed by atoms with Crippen LogP contribution in [0.25, 0.3) is 0 Å². The fourth-order valence-corrected chi connectivity index (χ4v) is 2.74. The Morgan fingerprint density at radius 1 is 1.33 bits per heavy atom. The molecule has 2 fully saturated rings. The zero-order valence-electron chi connectivity index (χ0n) is 11.0. The molecule has 0 aromatic rings. The second kappa shape index (κ2) is 5.55. The van der Waals surface area contributed by atoms with Crippen LogP contribution in [0.5, 0.6) is 0 Å². The summed E-state index contributed by atoms with van der Waals surface area (Å²) in [7, 11) is 1.67. The molecule has 2 rings (SSSR count). The second-order valence-electron chi connectivity index (χ2n) is 5.52. The van der Waals surface area contributed by atoms with Crippen LogP contribution in [0.15, 0.2) is 0 Å². The Morgan fingerprint density at radius 2 is 2.00 bits per heavy atom. The van der Waals surface area contributed by atoms with Gasteiger partial charge >= 0.3 is 0 Å². The van der Waals surface area contributed by atoms with Gasteiger partial charge in [0.15, 0.2) is 0 Å². The first-order chi connectivity index (χ1) is 8.64. The highest BCUT2D eigenvalue weighted by atomic mass is 16.5. The molecule has 0 unspecified atom stereocenters. The summed E-state index contributed by atoms with van der Waals surface area (Å²) < 4.78 is 10.7. The summed E-state index contributed by atoms with van der Waals surface area (Å²) in [6.07, 6.45) is 4.77. The van der Waals surface area contributed by atoms with E-state index in [0.29, 0.717) is 32.5 Å². The van der Waals surface area contributed by atoms with Crippen molar-refractivity contribution in [3.8, 4) is 0 Å². The predicted octanol–water partition coefficient (Wildman–Crippen LogP) is 0.603. The topological polar surface area (TPSA) is 67.8 Å². The minimum absolute atomic E-state index is 0.0208. The highest BCUT2D eigenvalue weighted by molar-refractivity contribution is 5.78. The molecule has 18 heavy (non-hydrogen) atoms. The van der Waals surface area contributed by atoms with E-state index in [1.165, 1.54) is 0 Å². The molecule has 0 aromatic carbocycles. The molecule has 0 radical (unpaired) electrons. The van der Waals surface area contributed by atoms with Crippen LogP contribution < -0.4 is 5.32 Å². The quantitative estimate of drug-likeness (QED) is 0.757. The van der Waals surface area contributed by atoms with Gasteiger partial charge in [-0.05, 0) is 32.1 Å². The first kappa shape index (κ1) is 13.8. The molecule has 1 saturated carbocycles. The molecule has 5 nitrogen and oxygen atoms in total. The van der Waals surface area contributed by atoms with Crippen LogP contribution in [-0.4, -0.2) is 49.1 Å². The summed E-state index contributed by atoms with van der Waals surface area (Å²) in [5, 5.41) is 12.5. The van der Waals surface area contributed by atoms with Gasteiger partial charge in [0.1, 0.15) is 0 Å². The van der Waals surface area contributed by atoms with E-state index >= 15 is 0 Å². The average molecular weight is 257 g/mol. The van der Waals surface area contributed by atoms with Crippen molar-refractivity contribution in [1.82, 2.24) is 5.32 Å². The maximum atomic E-state index is 12.1. The molecular weight excluding hydrogens is 234 g/mol. The lowest BCUT2D eigenvalue weighted by Gasteiger charge is -2.42. The number of ether oxygens (including phenoxy) is 2. The molecule has 0 bridgehead atoms. The highest BCUT2D eigenvalue weighted by Crippen LogP contribution is 2.38. The Kier molecular flexibility index (Phi) is 4.25. The number of hydrogen-bond donors (Lipinski definition) is 2. The van der Waals surface area contributed by atoms with Gasteiger partial charge in [0.05, 0.1) is 24.2 Å². The third-order valence-corrected chi connectivity index (χ3v) is 4.34. The van der Waals surface area contributed by atoms with Crippen LogP contribution in [0.3, 0.4) is 0 Å². The fourth-order valence-electron chi connectivity index (χ4n) is 2.74. The number of hydrogen-bond acceptors (Lipinski definition) is 4. The van der Waals surface area contributed by atoms with E-state index in [1.807, 2.05) is 0 Å². The fraction of sp³-hybridized carbons (Fsp3) is 0.923. The van der Waals surface area contributed by atoms with Crippen LogP contribution in [0.2, 0.25) is 0 Å². The Bertz CT molecular complexity index is 290. The van der Waals surface area contributed by atoms with Crippen molar-refractivity contribution in [3.05, 3.63) is 0 Å². The molecule has 0 spiro atoms. The summed E-state index contributed by atoms with van der Waals surface area (Å²) >= 11 is 0. The summed E-state index contributed by atoms with van der Waals surface area (Å²) in [6, 6.07) is 0. The van der Waals surface area contributed by atoms with Gasteiger partial charge in [-0.3, -0.25) is 4.79 Å². The first-order valence-corrected chi connectivity index (χ1v) is 6.68. The zero-order chi connectivity index (χ0) is 13.1. The van der Waals surface area contributed by atoms with Crippen molar-refractivity contribution < 1.29 is 19.4 Å². The molecule has 0 aromatic heterocycles. The maximum absolute atomic E-state index is 12.1. The second-order valence-corrected chi connectivity index (χ2v) is 5.52. The first-order valence-electron chi connectivity index (χ1n) is 6.68. The van der Waals surface area contributed by atoms with Gasteiger partial charge in [-0.25, -0.2) is 0 Å². The van der Waals surface area contributed by atoms with Crippen molar-refractivity contribution in [2.24, 2.45) is 0 Å². The van der Waals surface area contributed by atoms with Crippen molar-refractivity contribution >= 4 is 5.91 Å². The van der Waals surface area contributed by atoms with Crippen LogP contribution in [0.4, 0.5) is 0 Å². The van der Waals surface area contributed by atoms with Crippen LogP contribution >= 0.6 is 0 Å². The lowest BCUT2D eigenvalue weighted by atomic mass is 9.77. The third kappa shape index (κ3) is 2.84. The van der Waals surface area contributed by atoms with Crippen LogP contribution in [0, 0.1) is 0 Å². The Hall–Kier alpha value is -0.650. The van der Waals surface area contributed by atoms with E-state index in [9.17, 15) is 9.90 Å². The molecule has 1 amide bonds. The molecule has 2 aliphatic rings. The van der Waals surface area contributed by atoms with Gasteiger partial charge in [0.2, 0.25) is 5.91 Å². The monoisotopic (exact) mass is 257 g/mol. The van der Waals surface area contributed by atoms with E-state index < -0.39 is 5.54 Å². The number of carbonyl (C=O) groups is 1. The predicted molar refractivity (Wildman–Crippen MR) is 66.2 cm³/mol. The van der Waals surface area contributed by atoms with Crippen molar-refractivity contribution in [2.75, 3.05) is 26.9 Å². The van der Waals surface area contributed by atoms with E-state index in [2.05, 4.69) is 5.32 Å². The van der Waals surface area contributed by atoms with Gasteiger partial charge in [-0.2, -0.15) is 0 Å². The number of nitrogens with one attached hydrogen (secondary N) is 1. The van der Waals surface area contributed by atoms with Gasteiger partial charge in [0, 0.05) is 20.3 Å². The van der Waals surface area contributed by atoms with Gasteiger partial charge in [-0.1, -0.05) is 0 Å². The van der Waals surface area contributed by atoms with E-state index in [0.717, 1.165) is 19.3 Å². The zero-order valence-corrected chi connectivity index (χ0v) is 11.0. The number of methoxy groups -OCH3 is 1. The number of aliphatic hydroxyl groups is 1. The SMILES string of the molecule is COC1(CC(=O)NC2(CO)CCOCC2)CCC1. The maximum Gasteiger partial charge on any atom is 0.223 e. The van der Waals surface area contributed by atoms with Gasteiger partial charge in [0.25, 0.3) is 0 Å². The molecule has 0 atom stereocenters. The van der Waals surface area contributed by atoms with E-state index in [-0.39, 0.29) is 18.1 Å². The third-order valence-electron chi connectivity index (χ3n) is 4.34. The standard InChI is InChI=1S/C13H23NO4/c1-17-13(3-2-4-13)9-11(16)14-12(10-15)5-7-18-8-6-12/h15H,2-10H2,1H3,(H,14,16). The Balaban J connectivity index is 1.89. The number of amides is 1. The summed E-state index contributed by atoms with van der Waals surface area (Å²) in [5.41, 5.74) is -0.750. The minimum atomic E-state index is -0.492. The largest absolute Gasteiger partial charge is 0.394 e. The molecule has 1 aliphatic heterocycles. The van der Waals surface area contributed by atoms with Crippen molar-refractivity contribution in [3.63, 3.8) is 0 Å². The molecule has 5 heteroatoms. The molecule has 2 N–H and O–H groups in total. The molecule has 1 aliphatic carbocycles. The highest BCUT2D eigenvalue weighted by Gasteiger charge is 2.41. The number of aliphatic hydroxyl groups excluding tert-OH is 1. The number of carbonyl (C=O) groups excluding carboxylic acids is 1. The lowest BCUT2D eigenvalue weighted by Crippen LogP contribution is -2.56. The normalized spacial score (nSPS) is 25.2. The Morgan fingerprint density at radius 3 is 2.44 bits per heavy atom. The van der Waals surface area contributed by atoms with E-state index in [4.69, 9.17) is 9.47 Å². The van der Waals surface area contributed by atoms with Gasteiger partial charge < -0.3 is 19.9 Å². The molecule has 104 valence electrons. The summed E-state index contributed by atoms with van der Waals surface area (Å²) in [6.45, 7) is 1.16. The molecule has 1 saturated heterocycles. The molecular formula is C13H23NO4. The summed E-state index contributed by atoms with van der Waals surface area (Å²) in [4.78, 5) is 12.1. The summed E-state index contributed by atoms with van der Waals surface area (Å²) in [5.74, 6) is -0.0208.